The number of rotatable bonds is 4. The van der Waals surface area contributed by atoms with Crippen molar-refractivity contribution in [3.05, 3.63) is 44.6 Å². The second-order valence-electron chi connectivity index (χ2n) is 4.38. The fourth-order valence-electron chi connectivity index (χ4n) is 1.61. The van der Waals surface area contributed by atoms with Crippen LogP contribution in [0.5, 0.6) is 5.75 Å². The van der Waals surface area contributed by atoms with Crippen LogP contribution in [-0.2, 0) is 0 Å². The Morgan fingerprint density at radius 2 is 2.14 bits per heavy atom. The molecule has 0 bridgehead atoms. The van der Waals surface area contributed by atoms with Crippen LogP contribution >= 0.6 is 15.9 Å². The van der Waals surface area contributed by atoms with Gasteiger partial charge in [0, 0.05) is 32.3 Å². The van der Waals surface area contributed by atoms with E-state index in [2.05, 4.69) is 20.9 Å². The van der Waals surface area contributed by atoms with Crippen LogP contribution in [0.25, 0.3) is 0 Å². The van der Waals surface area contributed by atoms with Gasteiger partial charge >= 0.3 is 0 Å². The third-order valence-corrected chi connectivity index (χ3v) is 3.16. The summed E-state index contributed by atoms with van der Waals surface area (Å²) in [4.78, 5) is 16.0. The number of nitrogens with zero attached hydrogens (tertiary/aromatic N) is 3. The number of non-ortho nitro benzene ring substituents is 1. The van der Waals surface area contributed by atoms with Crippen LogP contribution in [0.2, 0.25) is 0 Å². The fourth-order valence-corrected chi connectivity index (χ4v) is 2.27. The number of hydrogen-bond acceptors (Lipinski definition) is 6. The summed E-state index contributed by atoms with van der Waals surface area (Å²) in [5.41, 5.74) is -0.0438. The smallest absolute Gasteiger partial charge is 0.271 e. The second kappa shape index (κ2) is 5.96. The van der Waals surface area contributed by atoms with Crippen LogP contribution in [0.1, 0.15) is 5.76 Å². The minimum atomic E-state index is -0.550. The SMILES string of the molecule is CN(C)c1oc(C=Nc2cc([N+](=O)[O-])ccc2O)cc1Br. The number of furan rings is 1. The Kier molecular flexibility index (Phi) is 4.27. The monoisotopic (exact) mass is 353 g/mol. The Morgan fingerprint density at radius 1 is 1.43 bits per heavy atom. The first kappa shape index (κ1) is 15.0. The van der Waals surface area contributed by atoms with Gasteiger partial charge in [-0.05, 0) is 22.0 Å². The minimum absolute atomic E-state index is 0.100. The maximum absolute atomic E-state index is 10.7. The highest BCUT2D eigenvalue weighted by molar-refractivity contribution is 9.10. The lowest BCUT2D eigenvalue weighted by molar-refractivity contribution is -0.384. The Balaban J connectivity index is 2.31. The lowest BCUT2D eigenvalue weighted by Gasteiger charge is -2.07. The molecule has 2 aromatic rings. The van der Waals surface area contributed by atoms with E-state index in [0.29, 0.717) is 11.6 Å². The Morgan fingerprint density at radius 3 is 2.71 bits per heavy atom. The molecule has 1 aromatic heterocycles. The van der Waals surface area contributed by atoms with E-state index in [1.165, 1.54) is 24.4 Å². The summed E-state index contributed by atoms with van der Waals surface area (Å²) in [5.74, 6) is 0.937. The van der Waals surface area contributed by atoms with E-state index in [9.17, 15) is 15.2 Å². The van der Waals surface area contributed by atoms with Crippen molar-refractivity contribution >= 4 is 39.4 Å². The van der Waals surface area contributed by atoms with Crippen LogP contribution in [0.4, 0.5) is 17.3 Å². The van der Waals surface area contributed by atoms with Gasteiger partial charge in [0.1, 0.15) is 17.2 Å². The highest BCUT2D eigenvalue weighted by Gasteiger charge is 2.11. The highest BCUT2D eigenvalue weighted by Crippen LogP contribution is 2.31. The first-order chi connectivity index (χ1) is 9.88. The number of aromatic hydroxyl groups is 1. The van der Waals surface area contributed by atoms with Crippen molar-refractivity contribution in [1.82, 2.24) is 0 Å². The number of halogens is 1. The molecule has 7 nitrogen and oxygen atoms in total. The van der Waals surface area contributed by atoms with Gasteiger partial charge in [-0.1, -0.05) is 0 Å². The number of aliphatic imine (C=N–C) groups is 1. The molecule has 0 spiro atoms. The van der Waals surface area contributed by atoms with Gasteiger partial charge in [-0.15, -0.1) is 0 Å². The fraction of sp³-hybridized carbons (Fsp3) is 0.154. The van der Waals surface area contributed by atoms with E-state index in [4.69, 9.17) is 4.42 Å². The minimum Gasteiger partial charge on any atom is -0.506 e. The van der Waals surface area contributed by atoms with Crippen molar-refractivity contribution in [2.45, 2.75) is 0 Å². The van der Waals surface area contributed by atoms with Crippen LogP contribution in [0.3, 0.4) is 0 Å². The van der Waals surface area contributed by atoms with Gasteiger partial charge in [-0.2, -0.15) is 0 Å². The average Bonchev–Trinajstić information content (AvgIpc) is 2.79. The topological polar surface area (TPSA) is 92.1 Å². The standard InChI is InChI=1S/C13H12BrN3O4/c1-16(2)13-10(14)6-9(21-13)7-15-11-5-8(17(19)20)3-4-12(11)18/h3-7,18H,1-2H3. The molecule has 110 valence electrons. The van der Waals surface area contributed by atoms with Crippen molar-refractivity contribution < 1.29 is 14.4 Å². The second-order valence-corrected chi connectivity index (χ2v) is 5.24. The van der Waals surface area contributed by atoms with Crippen LogP contribution < -0.4 is 4.90 Å². The van der Waals surface area contributed by atoms with Crippen LogP contribution in [0, 0.1) is 10.1 Å². The van der Waals surface area contributed by atoms with E-state index in [-0.39, 0.29) is 17.1 Å². The molecule has 0 saturated carbocycles. The molecule has 1 N–H and O–H groups in total. The van der Waals surface area contributed by atoms with Gasteiger partial charge in [0.15, 0.2) is 0 Å². The molecule has 0 saturated heterocycles. The number of phenols is 1. The molecule has 2 rings (SSSR count). The third-order valence-electron chi connectivity index (χ3n) is 2.59. The lowest BCUT2D eigenvalue weighted by Crippen LogP contribution is -2.07. The molecule has 0 aliphatic rings. The van der Waals surface area contributed by atoms with Crippen molar-refractivity contribution in [2.24, 2.45) is 4.99 Å². The molecule has 0 aliphatic carbocycles. The molecular formula is C13H12BrN3O4. The number of nitro groups is 1. The van der Waals surface area contributed by atoms with Gasteiger partial charge in [-0.3, -0.25) is 10.1 Å². The van der Waals surface area contributed by atoms with E-state index < -0.39 is 4.92 Å². The zero-order valence-electron chi connectivity index (χ0n) is 11.3. The lowest BCUT2D eigenvalue weighted by atomic mass is 10.2. The average molecular weight is 354 g/mol. The van der Waals surface area contributed by atoms with E-state index >= 15 is 0 Å². The first-order valence-electron chi connectivity index (χ1n) is 5.86. The van der Waals surface area contributed by atoms with Crippen molar-refractivity contribution in [3.63, 3.8) is 0 Å². The Bertz CT molecular complexity index is 709. The predicted molar refractivity (Wildman–Crippen MR) is 82.8 cm³/mol. The van der Waals surface area contributed by atoms with Crippen molar-refractivity contribution in [2.75, 3.05) is 19.0 Å². The molecule has 1 aromatic carbocycles. The zero-order valence-corrected chi connectivity index (χ0v) is 12.9. The van der Waals surface area contributed by atoms with Gasteiger partial charge in [-0.25, -0.2) is 4.99 Å². The predicted octanol–water partition coefficient (Wildman–Crippen LogP) is 3.47. The van der Waals surface area contributed by atoms with Gasteiger partial charge in [0.25, 0.3) is 5.69 Å². The molecule has 0 unspecified atom stereocenters. The third kappa shape index (κ3) is 3.40. The van der Waals surface area contributed by atoms with E-state index in [1.54, 1.807) is 11.0 Å². The van der Waals surface area contributed by atoms with Crippen LogP contribution in [-0.4, -0.2) is 30.3 Å². The van der Waals surface area contributed by atoms with Gasteiger partial charge in [0.2, 0.25) is 5.88 Å². The molecule has 8 heteroatoms. The van der Waals surface area contributed by atoms with Gasteiger partial charge < -0.3 is 14.4 Å². The van der Waals surface area contributed by atoms with Crippen LogP contribution in [0.15, 0.2) is 38.1 Å². The molecule has 0 amide bonds. The molecule has 1 heterocycles. The summed E-state index contributed by atoms with van der Waals surface area (Å²) >= 11 is 3.35. The summed E-state index contributed by atoms with van der Waals surface area (Å²) < 4.78 is 6.29. The van der Waals surface area contributed by atoms with Crippen molar-refractivity contribution in [3.8, 4) is 5.75 Å². The Hall–Kier alpha value is -2.35. The number of nitro benzene ring substituents is 1. The summed E-state index contributed by atoms with van der Waals surface area (Å²) in [6.07, 6.45) is 1.39. The van der Waals surface area contributed by atoms with E-state index in [0.717, 1.165) is 4.47 Å². The number of anilines is 1. The number of benzene rings is 1. The molecular weight excluding hydrogens is 342 g/mol. The number of hydrogen-bond donors (Lipinski definition) is 1. The quantitative estimate of drug-likeness (QED) is 0.516. The first-order valence-corrected chi connectivity index (χ1v) is 6.66. The highest BCUT2D eigenvalue weighted by atomic mass is 79.9. The summed E-state index contributed by atoms with van der Waals surface area (Å²) in [7, 11) is 3.66. The Labute approximate surface area is 128 Å². The molecule has 0 atom stereocenters. The molecule has 21 heavy (non-hydrogen) atoms. The maximum Gasteiger partial charge on any atom is 0.271 e. The zero-order chi connectivity index (χ0) is 15.6. The summed E-state index contributed by atoms with van der Waals surface area (Å²) in [5, 5.41) is 20.4. The number of phenolic OH excluding ortho intramolecular Hbond substituents is 1. The summed E-state index contributed by atoms with van der Waals surface area (Å²) in [6.45, 7) is 0. The summed E-state index contributed by atoms with van der Waals surface area (Å²) in [6, 6.07) is 5.35. The van der Waals surface area contributed by atoms with E-state index in [1.807, 2.05) is 14.1 Å². The molecule has 0 radical (unpaired) electrons. The van der Waals surface area contributed by atoms with Gasteiger partial charge in [0.05, 0.1) is 15.6 Å². The maximum atomic E-state index is 10.7. The normalized spacial score (nSPS) is 11.0. The van der Waals surface area contributed by atoms with Crippen molar-refractivity contribution in [1.29, 1.82) is 0 Å². The molecule has 0 fully saturated rings. The molecule has 0 aliphatic heterocycles. The largest absolute Gasteiger partial charge is 0.506 e.